The molecular formula is C11H15N3O. The Balaban J connectivity index is 1.77. The van der Waals surface area contributed by atoms with Crippen LogP contribution in [0.1, 0.15) is 18.5 Å². The molecule has 0 N–H and O–H groups in total. The van der Waals surface area contributed by atoms with E-state index in [0.717, 1.165) is 31.7 Å². The fourth-order valence-corrected chi connectivity index (χ4v) is 1.76. The van der Waals surface area contributed by atoms with Crippen LogP contribution in [0, 0.1) is 0 Å². The molecule has 1 aromatic heterocycles. The van der Waals surface area contributed by atoms with E-state index in [1.54, 1.807) is 18.6 Å². The van der Waals surface area contributed by atoms with Gasteiger partial charge in [0, 0.05) is 57.5 Å². The average molecular weight is 205 g/mol. The molecular weight excluding hydrogens is 190 g/mol. The van der Waals surface area contributed by atoms with Crippen molar-refractivity contribution >= 4 is 5.78 Å². The number of piperidine rings is 1. The highest BCUT2D eigenvalue weighted by atomic mass is 16.1. The number of ketones is 1. The first-order valence-corrected chi connectivity index (χ1v) is 5.33. The summed E-state index contributed by atoms with van der Waals surface area (Å²) in [5, 5.41) is 0. The topological polar surface area (TPSA) is 46.1 Å². The average Bonchev–Trinajstić information content (AvgIpc) is 2.30. The third-order valence-corrected chi connectivity index (χ3v) is 2.71. The lowest BCUT2D eigenvalue weighted by Crippen LogP contribution is -2.35. The molecule has 1 aliphatic heterocycles. The highest BCUT2D eigenvalue weighted by molar-refractivity contribution is 5.79. The number of carbonyl (C=O) groups is 1. The first-order chi connectivity index (χ1) is 7.34. The van der Waals surface area contributed by atoms with E-state index in [9.17, 15) is 4.79 Å². The van der Waals surface area contributed by atoms with Gasteiger partial charge in [-0.2, -0.15) is 0 Å². The van der Waals surface area contributed by atoms with Crippen LogP contribution in [0.25, 0.3) is 0 Å². The Kier molecular flexibility index (Phi) is 3.40. The van der Waals surface area contributed by atoms with Gasteiger partial charge in [0.2, 0.25) is 0 Å². The van der Waals surface area contributed by atoms with E-state index < -0.39 is 0 Å². The summed E-state index contributed by atoms with van der Waals surface area (Å²) < 4.78 is 0. The van der Waals surface area contributed by atoms with Gasteiger partial charge in [-0.15, -0.1) is 0 Å². The molecule has 1 aromatic rings. The predicted octanol–water partition coefficient (Wildman–Crippen LogP) is 0.684. The van der Waals surface area contributed by atoms with Gasteiger partial charge in [-0.3, -0.25) is 14.8 Å². The minimum Gasteiger partial charge on any atom is -0.302 e. The molecule has 2 rings (SSSR count). The van der Waals surface area contributed by atoms with E-state index >= 15 is 0 Å². The summed E-state index contributed by atoms with van der Waals surface area (Å²) in [5.41, 5.74) is 1.02. The summed E-state index contributed by atoms with van der Waals surface area (Å²) in [5.74, 6) is 0.394. The molecule has 0 unspecified atom stereocenters. The molecule has 80 valence electrons. The quantitative estimate of drug-likeness (QED) is 0.728. The number of carbonyl (C=O) groups excluding carboxylic acids is 1. The lowest BCUT2D eigenvalue weighted by molar-refractivity contribution is -0.121. The molecule has 4 heteroatoms. The van der Waals surface area contributed by atoms with Gasteiger partial charge in [-0.25, -0.2) is 0 Å². The summed E-state index contributed by atoms with van der Waals surface area (Å²) >= 11 is 0. The van der Waals surface area contributed by atoms with Crippen molar-refractivity contribution in [2.45, 2.75) is 19.3 Å². The van der Waals surface area contributed by atoms with E-state index in [2.05, 4.69) is 14.9 Å². The molecule has 0 amide bonds. The SMILES string of the molecule is O=C1CCN(CCc2cnccn2)CC1. The normalized spacial score (nSPS) is 18.0. The molecule has 1 saturated heterocycles. The smallest absolute Gasteiger partial charge is 0.135 e. The van der Waals surface area contributed by atoms with Crippen molar-refractivity contribution in [1.29, 1.82) is 0 Å². The maximum atomic E-state index is 11.0. The number of aromatic nitrogens is 2. The van der Waals surface area contributed by atoms with E-state index in [0.29, 0.717) is 18.6 Å². The monoisotopic (exact) mass is 205 g/mol. The van der Waals surface area contributed by atoms with E-state index in [-0.39, 0.29) is 0 Å². The van der Waals surface area contributed by atoms with Crippen LogP contribution in [0.2, 0.25) is 0 Å². The molecule has 1 aliphatic rings. The molecule has 2 heterocycles. The minimum atomic E-state index is 0.394. The van der Waals surface area contributed by atoms with Crippen molar-refractivity contribution in [1.82, 2.24) is 14.9 Å². The highest BCUT2D eigenvalue weighted by Crippen LogP contribution is 2.06. The summed E-state index contributed by atoms with van der Waals surface area (Å²) in [4.78, 5) is 21.6. The number of likely N-dealkylation sites (tertiary alicyclic amines) is 1. The van der Waals surface area contributed by atoms with Gasteiger partial charge in [-0.1, -0.05) is 0 Å². The molecule has 4 nitrogen and oxygen atoms in total. The second-order valence-corrected chi connectivity index (χ2v) is 3.83. The van der Waals surface area contributed by atoms with Crippen LogP contribution in [0.15, 0.2) is 18.6 Å². The van der Waals surface area contributed by atoms with Crippen molar-refractivity contribution in [3.05, 3.63) is 24.3 Å². The molecule has 0 bridgehead atoms. The van der Waals surface area contributed by atoms with Gasteiger partial charge in [0.05, 0.1) is 5.69 Å². The Morgan fingerprint density at radius 2 is 2.07 bits per heavy atom. The number of hydrogen-bond acceptors (Lipinski definition) is 4. The Morgan fingerprint density at radius 3 is 2.73 bits per heavy atom. The maximum absolute atomic E-state index is 11.0. The lowest BCUT2D eigenvalue weighted by Gasteiger charge is -2.25. The Labute approximate surface area is 89.3 Å². The largest absolute Gasteiger partial charge is 0.302 e. The highest BCUT2D eigenvalue weighted by Gasteiger charge is 2.15. The van der Waals surface area contributed by atoms with Gasteiger partial charge in [-0.05, 0) is 0 Å². The molecule has 0 aliphatic carbocycles. The second-order valence-electron chi connectivity index (χ2n) is 3.83. The van der Waals surface area contributed by atoms with Crippen LogP contribution >= 0.6 is 0 Å². The van der Waals surface area contributed by atoms with E-state index in [4.69, 9.17) is 0 Å². The second kappa shape index (κ2) is 4.98. The maximum Gasteiger partial charge on any atom is 0.135 e. The van der Waals surface area contributed by atoms with Crippen molar-refractivity contribution in [3.63, 3.8) is 0 Å². The van der Waals surface area contributed by atoms with Crippen molar-refractivity contribution in [2.75, 3.05) is 19.6 Å². The molecule has 15 heavy (non-hydrogen) atoms. The summed E-state index contributed by atoms with van der Waals surface area (Å²) in [6.07, 6.45) is 7.54. The third-order valence-electron chi connectivity index (χ3n) is 2.71. The van der Waals surface area contributed by atoms with Gasteiger partial charge in [0.1, 0.15) is 5.78 Å². The number of nitrogens with zero attached hydrogens (tertiary/aromatic N) is 3. The fourth-order valence-electron chi connectivity index (χ4n) is 1.76. The zero-order valence-corrected chi connectivity index (χ0v) is 8.72. The van der Waals surface area contributed by atoms with Gasteiger partial charge in [0.15, 0.2) is 0 Å². The van der Waals surface area contributed by atoms with Crippen LogP contribution in [-0.4, -0.2) is 40.3 Å². The zero-order valence-electron chi connectivity index (χ0n) is 8.72. The number of rotatable bonds is 3. The van der Waals surface area contributed by atoms with Crippen LogP contribution in [-0.2, 0) is 11.2 Å². The van der Waals surface area contributed by atoms with Crippen molar-refractivity contribution in [2.24, 2.45) is 0 Å². The van der Waals surface area contributed by atoms with Gasteiger partial charge in [0.25, 0.3) is 0 Å². The number of Topliss-reactive ketones (excluding diaryl/α,β-unsaturated/α-hetero) is 1. The van der Waals surface area contributed by atoms with Crippen molar-refractivity contribution in [3.8, 4) is 0 Å². The van der Waals surface area contributed by atoms with E-state index in [1.165, 1.54) is 0 Å². The molecule has 1 fully saturated rings. The Morgan fingerprint density at radius 1 is 1.27 bits per heavy atom. The third kappa shape index (κ3) is 3.09. The predicted molar refractivity (Wildman–Crippen MR) is 56.4 cm³/mol. The molecule has 0 radical (unpaired) electrons. The van der Waals surface area contributed by atoms with Gasteiger partial charge >= 0.3 is 0 Å². The Bertz CT molecular complexity index is 316. The van der Waals surface area contributed by atoms with Crippen molar-refractivity contribution < 1.29 is 4.79 Å². The standard InChI is InChI=1S/C11H15N3O/c15-11-2-7-14(8-3-11)6-1-10-9-12-4-5-13-10/h4-5,9H,1-3,6-8H2. The first kappa shape index (κ1) is 10.2. The summed E-state index contributed by atoms with van der Waals surface area (Å²) in [6, 6.07) is 0. The minimum absolute atomic E-state index is 0.394. The molecule has 0 spiro atoms. The van der Waals surface area contributed by atoms with Crippen LogP contribution < -0.4 is 0 Å². The molecule has 0 atom stereocenters. The fraction of sp³-hybridized carbons (Fsp3) is 0.545. The molecule has 0 aromatic carbocycles. The van der Waals surface area contributed by atoms with Crippen LogP contribution in [0.3, 0.4) is 0 Å². The summed E-state index contributed by atoms with van der Waals surface area (Å²) in [6.45, 7) is 2.78. The first-order valence-electron chi connectivity index (χ1n) is 5.33. The van der Waals surface area contributed by atoms with Crippen LogP contribution in [0.5, 0.6) is 0 Å². The van der Waals surface area contributed by atoms with Crippen LogP contribution in [0.4, 0.5) is 0 Å². The zero-order chi connectivity index (χ0) is 10.5. The number of hydrogen-bond donors (Lipinski definition) is 0. The summed E-state index contributed by atoms with van der Waals surface area (Å²) in [7, 11) is 0. The lowest BCUT2D eigenvalue weighted by atomic mass is 10.1. The molecule has 0 saturated carbocycles. The Hall–Kier alpha value is -1.29. The van der Waals surface area contributed by atoms with Gasteiger partial charge < -0.3 is 4.90 Å². The van der Waals surface area contributed by atoms with E-state index in [1.807, 2.05) is 0 Å².